The first-order valence-electron chi connectivity index (χ1n) is 11.5. The third kappa shape index (κ3) is 3.91. The number of nitrogens with zero attached hydrogens (tertiary/aromatic N) is 1. The second-order valence-corrected chi connectivity index (χ2v) is 9.18. The topological polar surface area (TPSA) is 108 Å². The van der Waals surface area contributed by atoms with E-state index in [4.69, 9.17) is 9.47 Å². The molecule has 1 aromatic carbocycles. The molecule has 0 radical (unpaired) electrons. The summed E-state index contributed by atoms with van der Waals surface area (Å²) in [5.74, 6) is 0.0811. The minimum absolute atomic E-state index is 0.0289. The number of rotatable bonds is 7. The molecule has 2 aliphatic carbocycles. The van der Waals surface area contributed by atoms with Crippen LogP contribution in [-0.4, -0.2) is 78.1 Å². The molecule has 5 atom stereocenters. The highest BCUT2D eigenvalue weighted by atomic mass is 16.5. The zero-order valence-electron chi connectivity index (χ0n) is 18.0. The Labute approximate surface area is 187 Å². The van der Waals surface area contributed by atoms with Gasteiger partial charge in [0.05, 0.1) is 31.1 Å². The highest BCUT2D eigenvalue weighted by Crippen LogP contribution is 2.47. The fraction of sp³-hybridized carbons (Fsp3) is 0.583. The number of hydrogen-bond donors (Lipinski definition) is 3. The van der Waals surface area contributed by atoms with Gasteiger partial charge < -0.3 is 29.9 Å². The Morgan fingerprint density at radius 1 is 1.19 bits per heavy atom. The molecule has 8 heteroatoms. The van der Waals surface area contributed by atoms with Crippen LogP contribution in [0.25, 0.3) is 0 Å². The maximum absolute atomic E-state index is 13.4. The van der Waals surface area contributed by atoms with Crippen molar-refractivity contribution in [1.29, 1.82) is 0 Å². The van der Waals surface area contributed by atoms with Crippen molar-refractivity contribution >= 4 is 11.8 Å². The maximum Gasteiger partial charge on any atom is 0.247 e. The quantitative estimate of drug-likeness (QED) is 0.570. The van der Waals surface area contributed by atoms with Crippen molar-refractivity contribution in [3.8, 4) is 5.75 Å². The van der Waals surface area contributed by atoms with Crippen LogP contribution >= 0.6 is 0 Å². The fourth-order valence-electron chi connectivity index (χ4n) is 5.09. The average molecular weight is 443 g/mol. The first kappa shape index (κ1) is 21.4. The maximum atomic E-state index is 13.4. The van der Waals surface area contributed by atoms with E-state index >= 15 is 0 Å². The van der Waals surface area contributed by atoms with Crippen LogP contribution in [-0.2, 0) is 14.3 Å². The van der Waals surface area contributed by atoms with Gasteiger partial charge in [-0.05, 0) is 37.3 Å². The second-order valence-electron chi connectivity index (χ2n) is 9.18. The Balaban J connectivity index is 1.51. The van der Waals surface area contributed by atoms with Crippen LogP contribution in [0.15, 0.2) is 35.9 Å². The molecule has 5 rings (SSSR count). The molecule has 2 heterocycles. The number of para-hydroxylation sites is 1. The van der Waals surface area contributed by atoms with Crippen LogP contribution in [0.3, 0.4) is 0 Å². The lowest BCUT2D eigenvalue weighted by atomic mass is 9.77. The molecular weight excluding hydrogens is 412 g/mol. The summed E-state index contributed by atoms with van der Waals surface area (Å²) < 4.78 is 11.6. The SMILES string of the molecule is O=C(NCCO)C1=C[C@@H](N(CC2CC2)C(=O)C2CCOC2)[C@H](O)[C@H]2Oc3ccccc3[C@@H]12. The van der Waals surface area contributed by atoms with Crippen molar-refractivity contribution in [2.45, 2.75) is 43.4 Å². The standard InChI is InChI=1S/C24H30N2O6/c27-9-8-25-23(29)17-11-18(21(28)22-20(17)16-3-1-2-4-19(16)32-22)26(12-14-5-6-14)24(30)15-7-10-31-13-15/h1-4,11,14-15,18,20-22,27-28H,5-10,12-13H2,(H,25,29)/t15?,18-,20+,21+,22+/m1/s1. The van der Waals surface area contributed by atoms with Gasteiger partial charge >= 0.3 is 0 Å². The molecule has 32 heavy (non-hydrogen) atoms. The van der Waals surface area contributed by atoms with E-state index in [1.54, 1.807) is 11.0 Å². The summed E-state index contributed by atoms with van der Waals surface area (Å²) in [7, 11) is 0. The Bertz CT molecular complexity index is 908. The van der Waals surface area contributed by atoms with E-state index < -0.39 is 24.2 Å². The summed E-state index contributed by atoms with van der Waals surface area (Å²) in [6.45, 7) is 1.48. The molecule has 1 saturated heterocycles. The Kier molecular flexibility index (Phi) is 5.92. The van der Waals surface area contributed by atoms with Crippen molar-refractivity contribution in [1.82, 2.24) is 10.2 Å². The molecule has 1 unspecified atom stereocenters. The number of carbonyl (C=O) groups excluding carboxylic acids is 2. The summed E-state index contributed by atoms with van der Waals surface area (Å²) in [6, 6.07) is 6.83. The molecule has 1 saturated carbocycles. The minimum atomic E-state index is -0.966. The van der Waals surface area contributed by atoms with Crippen molar-refractivity contribution in [2.75, 3.05) is 32.9 Å². The number of benzene rings is 1. The molecule has 0 spiro atoms. The molecule has 0 aromatic heterocycles. The van der Waals surface area contributed by atoms with Crippen LogP contribution in [0.5, 0.6) is 5.75 Å². The number of ether oxygens (including phenoxy) is 2. The molecule has 2 fully saturated rings. The van der Waals surface area contributed by atoms with Crippen molar-refractivity contribution in [3.05, 3.63) is 41.5 Å². The van der Waals surface area contributed by atoms with E-state index in [1.807, 2.05) is 24.3 Å². The first-order chi connectivity index (χ1) is 15.6. The van der Waals surface area contributed by atoms with Gasteiger partial charge in [0.2, 0.25) is 11.8 Å². The highest BCUT2D eigenvalue weighted by molar-refractivity contribution is 5.96. The Morgan fingerprint density at radius 2 is 2.00 bits per heavy atom. The van der Waals surface area contributed by atoms with E-state index in [0.717, 1.165) is 18.4 Å². The number of aliphatic hydroxyl groups excluding tert-OH is 2. The van der Waals surface area contributed by atoms with E-state index in [-0.39, 0.29) is 30.9 Å². The van der Waals surface area contributed by atoms with Gasteiger partial charge in [0, 0.05) is 30.8 Å². The Hall–Kier alpha value is -2.42. The van der Waals surface area contributed by atoms with E-state index in [0.29, 0.717) is 43.4 Å². The molecule has 4 aliphatic rings. The zero-order chi connectivity index (χ0) is 22.2. The van der Waals surface area contributed by atoms with Gasteiger partial charge in [0.15, 0.2) is 0 Å². The summed E-state index contributed by atoms with van der Waals surface area (Å²) >= 11 is 0. The summed E-state index contributed by atoms with van der Waals surface area (Å²) in [4.78, 5) is 28.3. The molecule has 1 aromatic rings. The second kappa shape index (κ2) is 8.84. The molecule has 172 valence electrons. The van der Waals surface area contributed by atoms with Crippen LogP contribution in [0, 0.1) is 11.8 Å². The van der Waals surface area contributed by atoms with Crippen LogP contribution in [0.2, 0.25) is 0 Å². The molecule has 2 aliphatic heterocycles. The summed E-state index contributed by atoms with van der Waals surface area (Å²) in [6.07, 6.45) is 2.92. The fourth-order valence-corrected chi connectivity index (χ4v) is 5.09. The van der Waals surface area contributed by atoms with Crippen LogP contribution in [0.1, 0.15) is 30.7 Å². The van der Waals surface area contributed by atoms with Crippen LogP contribution in [0.4, 0.5) is 0 Å². The smallest absolute Gasteiger partial charge is 0.247 e. The molecule has 2 amide bonds. The molecule has 3 N–H and O–H groups in total. The van der Waals surface area contributed by atoms with Gasteiger partial charge in [0.1, 0.15) is 18.0 Å². The van der Waals surface area contributed by atoms with Crippen LogP contribution < -0.4 is 10.1 Å². The normalized spacial score (nSPS) is 30.7. The lowest BCUT2D eigenvalue weighted by Gasteiger charge is -2.41. The molecule has 0 bridgehead atoms. The van der Waals surface area contributed by atoms with Gasteiger partial charge in [-0.1, -0.05) is 18.2 Å². The lowest BCUT2D eigenvalue weighted by molar-refractivity contribution is -0.141. The van der Waals surface area contributed by atoms with Crippen molar-refractivity contribution < 1.29 is 29.3 Å². The van der Waals surface area contributed by atoms with Gasteiger partial charge in [-0.25, -0.2) is 0 Å². The number of amides is 2. The highest BCUT2D eigenvalue weighted by Gasteiger charge is 2.51. The Morgan fingerprint density at radius 3 is 2.72 bits per heavy atom. The summed E-state index contributed by atoms with van der Waals surface area (Å²) in [5.41, 5.74) is 1.32. The number of nitrogens with one attached hydrogen (secondary N) is 1. The van der Waals surface area contributed by atoms with Gasteiger partial charge in [-0.2, -0.15) is 0 Å². The minimum Gasteiger partial charge on any atom is -0.486 e. The first-order valence-corrected chi connectivity index (χ1v) is 11.5. The van der Waals surface area contributed by atoms with Crippen molar-refractivity contribution in [3.63, 3.8) is 0 Å². The predicted molar refractivity (Wildman–Crippen MR) is 115 cm³/mol. The van der Waals surface area contributed by atoms with Gasteiger partial charge in [-0.3, -0.25) is 9.59 Å². The molecular formula is C24H30N2O6. The largest absolute Gasteiger partial charge is 0.486 e. The van der Waals surface area contributed by atoms with Gasteiger partial charge in [-0.15, -0.1) is 0 Å². The van der Waals surface area contributed by atoms with E-state index in [9.17, 15) is 19.8 Å². The van der Waals surface area contributed by atoms with E-state index in [2.05, 4.69) is 5.32 Å². The number of carbonyl (C=O) groups is 2. The summed E-state index contributed by atoms with van der Waals surface area (Å²) in [5, 5.41) is 23.3. The zero-order valence-corrected chi connectivity index (χ0v) is 18.0. The third-order valence-corrected chi connectivity index (χ3v) is 6.95. The third-order valence-electron chi connectivity index (χ3n) is 6.95. The lowest BCUT2D eigenvalue weighted by Crippen LogP contribution is -2.57. The monoisotopic (exact) mass is 442 g/mol. The molecule has 8 nitrogen and oxygen atoms in total. The van der Waals surface area contributed by atoms with E-state index in [1.165, 1.54) is 0 Å². The predicted octanol–water partition coefficient (Wildman–Crippen LogP) is 0.584. The number of aliphatic hydroxyl groups is 2. The van der Waals surface area contributed by atoms with Gasteiger partial charge in [0.25, 0.3) is 0 Å². The number of fused-ring (bicyclic) bond motifs is 3. The van der Waals surface area contributed by atoms with Crippen molar-refractivity contribution in [2.24, 2.45) is 11.8 Å². The number of hydrogen-bond acceptors (Lipinski definition) is 6. The average Bonchev–Trinajstić information content (AvgIpc) is 3.30.